The van der Waals surface area contributed by atoms with Crippen LogP contribution in [-0.4, -0.2) is 11.1 Å². The highest BCUT2D eigenvalue weighted by Crippen LogP contribution is 2.30. The van der Waals surface area contributed by atoms with Gasteiger partial charge in [-0.15, -0.1) is 0 Å². The number of unbranched alkanes of at least 4 members (excludes halogenated alkanes) is 2. The van der Waals surface area contributed by atoms with E-state index >= 15 is 0 Å². The van der Waals surface area contributed by atoms with Crippen molar-refractivity contribution >= 4 is 21.7 Å². The molecular formula is C13H13BrF4O. The van der Waals surface area contributed by atoms with Crippen LogP contribution in [0.25, 0.3) is 0 Å². The van der Waals surface area contributed by atoms with Crippen LogP contribution in [0.1, 0.15) is 41.6 Å². The maximum atomic E-state index is 13.1. The van der Waals surface area contributed by atoms with Crippen LogP contribution in [0.15, 0.2) is 18.2 Å². The van der Waals surface area contributed by atoms with E-state index in [0.29, 0.717) is 18.6 Å². The van der Waals surface area contributed by atoms with Gasteiger partial charge in [-0.2, -0.15) is 13.2 Å². The van der Waals surface area contributed by atoms with Crippen LogP contribution < -0.4 is 0 Å². The summed E-state index contributed by atoms with van der Waals surface area (Å²) in [5.41, 5.74) is -1.34. The summed E-state index contributed by atoms with van der Waals surface area (Å²) in [5.74, 6) is -1.50. The zero-order chi connectivity index (χ0) is 14.5. The van der Waals surface area contributed by atoms with Crippen LogP contribution in [0.3, 0.4) is 0 Å². The topological polar surface area (TPSA) is 17.1 Å². The minimum absolute atomic E-state index is 0.133. The van der Waals surface area contributed by atoms with Gasteiger partial charge in [0.15, 0.2) is 5.78 Å². The molecule has 0 amide bonds. The van der Waals surface area contributed by atoms with Gasteiger partial charge in [-0.05, 0) is 31.0 Å². The Morgan fingerprint density at radius 2 is 1.79 bits per heavy atom. The van der Waals surface area contributed by atoms with Crippen molar-refractivity contribution in [2.45, 2.75) is 31.9 Å². The number of hydrogen-bond acceptors (Lipinski definition) is 1. The smallest absolute Gasteiger partial charge is 0.294 e. The summed E-state index contributed by atoms with van der Waals surface area (Å²) >= 11 is 3.24. The molecule has 0 unspecified atom stereocenters. The van der Waals surface area contributed by atoms with E-state index in [1.54, 1.807) is 0 Å². The van der Waals surface area contributed by atoms with Crippen molar-refractivity contribution in [3.05, 3.63) is 35.1 Å². The van der Waals surface area contributed by atoms with Gasteiger partial charge in [0.25, 0.3) is 0 Å². The predicted octanol–water partition coefficient (Wildman–Crippen LogP) is 4.98. The summed E-state index contributed by atoms with van der Waals surface area (Å²) in [5, 5.41) is 0.819. The van der Waals surface area contributed by atoms with Crippen LogP contribution in [0.5, 0.6) is 0 Å². The van der Waals surface area contributed by atoms with E-state index in [1.807, 2.05) is 0 Å². The van der Waals surface area contributed by atoms with Gasteiger partial charge in [-0.1, -0.05) is 22.4 Å². The molecular weight excluding hydrogens is 328 g/mol. The Morgan fingerprint density at radius 3 is 2.37 bits per heavy atom. The minimum atomic E-state index is -4.65. The van der Waals surface area contributed by atoms with Gasteiger partial charge in [-0.25, -0.2) is 4.39 Å². The van der Waals surface area contributed by atoms with Gasteiger partial charge in [0.2, 0.25) is 0 Å². The van der Waals surface area contributed by atoms with Gasteiger partial charge in [0.05, 0.1) is 5.56 Å². The summed E-state index contributed by atoms with van der Waals surface area (Å²) in [6.45, 7) is 0. The number of benzene rings is 1. The maximum Gasteiger partial charge on any atom is 0.416 e. The highest BCUT2D eigenvalue weighted by molar-refractivity contribution is 9.09. The lowest BCUT2D eigenvalue weighted by Gasteiger charge is -2.09. The van der Waals surface area contributed by atoms with Crippen molar-refractivity contribution in [3.8, 4) is 0 Å². The number of hydrogen-bond donors (Lipinski definition) is 0. The minimum Gasteiger partial charge on any atom is -0.294 e. The molecule has 1 nitrogen and oxygen atoms in total. The summed E-state index contributed by atoms with van der Waals surface area (Å²) in [6, 6.07) is 1.94. The number of halogens is 5. The van der Waals surface area contributed by atoms with E-state index in [4.69, 9.17) is 0 Å². The molecule has 0 atom stereocenters. The van der Waals surface area contributed by atoms with Crippen LogP contribution >= 0.6 is 15.9 Å². The molecule has 0 radical (unpaired) electrons. The summed E-state index contributed by atoms with van der Waals surface area (Å²) in [4.78, 5) is 11.7. The molecule has 0 heterocycles. The molecule has 0 spiro atoms. The second-order valence-electron chi connectivity index (χ2n) is 4.15. The first-order valence-electron chi connectivity index (χ1n) is 5.81. The summed E-state index contributed by atoms with van der Waals surface area (Å²) < 4.78 is 50.5. The maximum absolute atomic E-state index is 13.1. The Kier molecular flexibility index (Phi) is 5.97. The Morgan fingerprint density at radius 1 is 1.11 bits per heavy atom. The number of carbonyl (C=O) groups excluding carboxylic acids is 1. The van der Waals surface area contributed by atoms with Crippen LogP contribution in [0, 0.1) is 5.82 Å². The van der Waals surface area contributed by atoms with E-state index in [2.05, 4.69) is 15.9 Å². The molecule has 0 saturated carbocycles. The molecule has 1 aromatic rings. The SMILES string of the molecule is O=C(CCCCCBr)c1cc(F)cc(C(F)(F)F)c1. The molecule has 106 valence electrons. The quantitative estimate of drug-likeness (QED) is 0.309. The van der Waals surface area contributed by atoms with Crippen LogP contribution in [0.2, 0.25) is 0 Å². The van der Waals surface area contributed by atoms with Gasteiger partial charge in [0.1, 0.15) is 5.82 Å². The average Bonchev–Trinajstić information content (AvgIpc) is 2.32. The number of alkyl halides is 4. The lowest BCUT2D eigenvalue weighted by molar-refractivity contribution is -0.137. The third-order valence-electron chi connectivity index (χ3n) is 2.58. The molecule has 0 fully saturated rings. The molecule has 0 aliphatic carbocycles. The van der Waals surface area contributed by atoms with Gasteiger partial charge in [-0.3, -0.25) is 4.79 Å². The molecule has 0 saturated heterocycles. The van der Waals surface area contributed by atoms with Gasteiger partial charge in [0, 0.05) is 17.3 Å². The fourth-order valence-corrected chi connectivity index (χ4v) is 2.01. The normalized spacial score (nSPS) is 11.6. The molecule has 6 heteroatoms. The average molecular weight is 341 g/mol. The molecule has 0 bridgehead atoms. The number of ketones is 1. The van der Waals surface area contributed by atoms with E-state index in [1.165, 1.54) is 0 Å². The van der Waals surface area contributed by atoms with E-state index in [0.717, 1.165) is 24.2 Å². The fraction of sp³-hybridized carbons (Fsp3) is 0.462. The molecule has 1 aromatic carbocycles. The second kappa shape index (κ2) is 7.03. The predicted molar refractivity (Wildman–Crippen MR) is 68.0 cm³/mol. The van der Waals surface area contributed by atoms with Crippen molar-refractivity contribution in [3.63, 3.8) is 0 Å². The molecule has 19 heavy (non-hydrogen) atoms. The molecule has 0 aliphatic heterocycles. The van der Waals surface area contributed by atoms with Crippen molar-refractivity contribution in [1.29, 1.82) is 0 Å². The van der Waals surface area contributed by atoms with Gasteiger partial charge >= 0.3 is 6.18 Å². The van der Waals surface area contributed by atoms with E-state index < -0.39 is 23.3 Å². The van der Waals surface area contributed by atoms with Crippen LogP contribution in [0.4, 0.5) is 17.6 Å². The molecule has 0 aliphatic rings. The third-order valence-corrected chi connectivity index (χ3v) is 3.15. The first-order valence-corrected chi connectivity index (χ1v) is 6.93. The van der Waals surface area contributed by atoms with Gasteiger partial charge < -0.3 is 0 Å². The fourth-order valence-electron chi connectivity index (χ4n) is 1.62. The largest absolute Gasteiger partial charge is 0.416 e. The Hall–Kier alpha value is -0.910. The number of carbonyl (C=O) groups is 1. The van der Waals surface area contributed by atoms with Crippen molar-refractivity contribution < 1.29 is 22.4 Å². The lowest BCUT2D eigenvalue weighted by Crippen LogP contribution is -2.08. The Bertz CT molecular complexity index is 443. The van der Waals surface area contributed by atoms with E-state index in [9.17, 15) is 22.4 Å². The summed E-state index contributed by atoms with van der Waals surface area (Å²) in [7, 11) is 0. The lowest BCUT2D eigenvalue weighted by atomic mass is 10.0. The van der Waals surface area contributed by atoms with Crippen molar-refractivity contribution in [1.82, 2.24) is 0 Å². The first-order chi connectivity index (χ1) is 8.84. The second-order valence-corrected chi connectivity index (χ2v) is 4.94. The van der Waals surface area contributed by atoms with Crippen molar-refractivity contribution in [2.24, 2.45) is 0 Å². The molecule has 0 N–H and O–H groups in total. The number of rotatable bonds is 6. The third kappa shape index (κ3) is 5.30. The highest BCUT2D eigenvalue weighted by atomic mass is 79.9. The Balaban J connectivity index is 2.77. The summed E-state index contributed by atoms with van der Waals surface area (Å²) in [6.07, 6.45) is -2.23. The van der Waals surface area contributed by atoms with E-state index in [-0.39, 0.29) is 12.0 Å². The number of Topliss-reactive ketones (excluding diaryl/α,β-unsaturated/α-hetero) is 1. The zero-order valence-corrected chi connectivity index (χ0v) is 11.7. The first kappa shape index (κ1) is 16.1. The molecule has 0 aromatic heterocycles. The van der Waals surface area contributed by atoms with Crippen LogP contribution in [-0.2, 0) is 6.18 Å². The standard InChI is InChI=1S/C13H13BrF4O/c14-5-3-1-2-4-12(19)9-6-10(13(16,17)18)8-11(15)7-9/h6-8H,1-5H2. The highest BCUT2D eigenvalue weighted by Gasteiger charge is 2.31. The molecule has 1 rings (SSSR count). The van der Waals surface area contributed by atoms with Crippen molar-refractivity contribution in [2.75, 3.05) is 5.33 Å². The Labute approximate surface area is 117 Å². The monoisotopic (exact) mass is 340 g/mol. The zero-order valence-electron chi connectivity index (χ0n) is 10.1.